The summed E-state index contributed by atoms with van der Waals surface area (Å²) in [5, 5.41) is 0.630. The Hall–Kier alpha value is -3.66. The molecule has 43 heavy (non-hydrogen) atoms. The lowest BCUT2D eigenvalue weighted by Gasteiger charge is -2.26. The number of thiazole rings is 1. The van der Waals surface area contributed by atoms with Crippen LogP contribution in [0.4, 0.5) is 0 Å². The molecule has 2 heterocycles. The smallest absolute Gasteiger partial charge is 0.338 e. The molecule has 4 aromatic rings. The van der Waals surface area contributed by atoms with E-state index in [0.29, 0.717) is 54.9 Å². The van der Waals surface area contributed by atoms with E-state index in [9.17, 15) is 9.59 Å². The van der Waals surface area contributed by atoms with Crippen molar-refractivity contribution in [1.82, 2.24) is 4.57 Å². The van der Waals surface area contributed by atoms with E-state index in [-0.39, 0.29) is 18.3 Å². The fourth-order valence-electron chi connectivity index (χ4n) is 4.85. The summed E-state index contributed by atoms with van der Waals surface area (Å²) in [5.41, 5.74) is 2.81. The highest BCUT2D eigenvalue weighted by atomic mass is 79.9. The molecular weight excluding hydrogens is 652 g/mol. The third-order valence-corrected chi connectivity index (χ3v) is 8.35. The SMILES string of the molecule is CCOC(=O)C1=C(C)N=c2s/c(=C\c3cc(Br)ccc3OCc3cccc(Cl)c3)c(=O)n2[C@@H]1c1ccccc1OC(C)C. The predicted molar refractivity (Wildman–Crippen MR) is 173 cm³/mol. The van der Waals surface area contributed by atoms with Gasteiger partial charge in [-0.05, 0) is 75.7 Å². The van der Waals surface area contributed by atoms with Crippen molar-refractivity contribution in [3.8, 4) is 11.5 Å². The Kier molecular flexibility index (Phi) is 9.54. The van der Waals surface area contributed by atoms with E-state index in [0.717, 1.165) is 10.0 Å². The van der Waals surface area contributed by atoms with Crippen molar-refractivity contribution in [1.29, 1.82) is 0 Å². The molecule has 0 spiro atoms. The first-order valence-electron chi connectivity index (χ1n) is 13.8. The highest BCUT2D eigenvalue weighted by Gasteiger charge is 2.35. The van der Waals surface area contributed by atoms with Crippen molar-refractivity contribution in [2.75, 3.05) is 6.61 Å². The lowest BCUT2D eigenvalue weighted by atomic mass is 9.95. The third-order valence-electron chi connectivity index (χ3n) is 6.64. The van der Waals surface area contributed by atoms with E-state index in [1.807, 2.05) is 80.6 Å². The topological polar surface area (TPSA) is 79.1 Å². The molecule has 0 fully saturated rings. The minimum absolute atomic E-state index is 0.116. The average molecular weight is 682 g/mol. The number of aromatic nitrogens is 1. The number of fused-ring (bicyclic) bond motifs is 1. The number of rotatable bonds is 9. The lowest BCUT2D eigenvalue weighted by Crippen LogP contribution is -2.40. The average Bonchev–Trinajstić information content (AvgIpc) is 3.26. The molecule has 1 atom stereocenters. The first-order valence-corrected chi connectivity index (χ1v) is 15.8. The molecule has 0 bridgehead atoms. The van der Waals surface area contributed by atoms with Gasteiger partial charge in [0.2, 0.25) is 0 Å². The Morgan fingerprint density at radius 3 is 2.65 bits per heavy atom. The summed E-state index contributed by atoms with van der Waals surface area (Å²) >= 11 is 10.9. The van der Waals surface area contributed by atoms with Crippen LogP contribution in [0.2, 0.25) is 5.02 Å². The van der Waals surface area contributed by atoms with Gasteiger partial charge in [0.1, 0.15) is 24.1 Å². The highest BCUT2D eigenvalue weighted by molar-refractivity contribution is 9.10. The predicted octanol–water partition coefficient (Wildman–Crippen LogP) is 6.58. The maximum Gasteiger partial charge on any atom is 0.338 e. The van der Waals surface area contributed by atoms with Crippen LogP contribution in [0, 0.1) is 0 Å². The van der Waals surface area contributed by atoms with Crippen LogP contribution in [0.3, 0.4) is 0 Å². The lowest BCUT2D eigenvalue weighted by molar-refractivity contribution is -0.139. The number of nitrogens with zero attached hydrogens (tertiary/aromatic N) is 2. The van der Waals surface area contributed by atoms with Gasteiger partial charge >= 0.3 is 5.97 Å². The Bertz CT molecular complexity index is 1900. The molecule has 3 aromatic carbocycles. The molecular formula is C33H30BrClN2O5S. The summed E-state index contributed by atoms with van der Waals surface area (Å²) in [6.45, 7) is 7.87. The summed E-state index contributed by atoms with van der Waals surface area (Å²) in [5.74, 6) is 0.660. The molecule has 0 aliphatic carbocycles. The largest absolute Gasteiger partial charge is 0.491 e. The molecule has 0 saturated heterocycles. The summed E-state index contributed by atoms with van der Waals surface area (Å²) < 4.78 is 20.5. The second kappa shape index (κ2) is 13.3. The molecule has 222 valence electrons. The van der Waals surface area contributed by atoms with Gasteiger partial charge in [-0.25, -0.2) is 9.79 Å². The second-order valence-corrected chi connectivity index (χ2v) is 12.5. The van der Waals surface area contributed by atoms with Gasteiger partial charge in [-0.15, -0.1) is 0 Å². The summed E-state index contributed by atoms with van der Waals surface area (Å²) in [7, 11) is 0. The standard InChI is InChI=1S/C33H30BrClN2O5S/c1-5-40-32(39)29-20(4)36-33-37(30(29)25-11-6-7-12-27(25)42-19(2)3)31(38)28(43-33)17-22-16-23(34)13-14-26(22)41-18-21-9-8-10-24(35)15-21/h6-17,19,30H,5,18H2,1-4H3/b28-17-/t30-/m1/s1. The number of para-hydroxylation sites is 1. The first kappa shape index (κ1) is 30.8. The molecule has 5 rings (SSSR count). The first-order chi connectivity index (χ1) is 20.7. The van der Waals surface area contributed by atoms with Crippen molar-refractivity contribution >= 4 is 50.9 Å². The third kappa shape index (κ3) is 6.79. The van der Waals surface area contributed by atoms with E-state index in [1.54, 1.807) is 24.5 Å². The number of hydrogen-bond acceptors (Lipinski definition) is 7. The van der Waals surface area contributed by atoms with E-state index < -0.39 is 12.0 Å². The number of ether oxygens (including phenoxy) is 3. The number of carbonyl (C=O) groups excluding carboxylic acids is 1. The maximum atomic E-state index is 14.2. The Morgan fingerprint density at radius 1 is 1.12 bits per heavy atom. The van der Waals surface area contributed by atoms with Gasteiger partial charge in [-0.3, -0.25) is 9.36 Å². The van der Waals surface area contributed by atoms with Crippen molar-refractivity contribution in [3.63, 3.8) is 0 Å². The number of halogens is 2. The van der Waals surface area contributed by atoms with Gasteiger partial charge < -0.3 is 14.2 Å². The fourth-order valence-corrected chi connectivity index (χ4v) is 6.48. The van der Waals surface area contributed by atoms with Crippen LogP contribution in [-0.2, 0) is 16.1 Å². The quantitative estimate of drug-likeness (QED) is 0.187. The van der Waals surface area contributed by atoms with Crippen molar-refractivity contribution in [2.45, 2.75) is 46.4 Å². The van der Waals surface area contributed by atoms with Crippen LogP contribution in [0.15, 0.2) is 92.3 Å². The number of benzene rings is 3. The van der Waals surface area contributed by atoms with Gasteiger partial charge in [0, 0.05) is 20.6 Å². The van der Waals surface area contributed by atoms with E-state index in [1.165, 1.54) is 11.3 Å². The van der Waals surface area contributed by atoms with E-state index in [2.05, 4.69) is 15.9 Å². The zero-order valence-electron chi connectivity index (χ0n) is 24.1. The number of hydrogen-bond donors (Lipinski definition) is 0. The minimum atomic E-state index is -0.784. The van der Waals surface area contributed by atoms with Crippen LogP contribution in [0.5, 0.6) is 11.5 Å². The van der Waals surface area contributed by atoms with Crippen LogP contribution in [-0.4, -0.2) is 23.2 Å². The second-order valence-electron chi connectivity index (χ2n) is 10.1. The van der Waals surface area contributed by atoms with Gasteiger partial charge in [-0.1, -0.05) is 69.2 Å². The Morgan fingerprint density at radius 2 is 1.91 bits per heavy atom. The van der Waals surface area contributed by atoms with Crippen LogP contribution < -0.4 is 24.4 Å². The Labute approximate surface area is 266 Å². The van der Waals surface area contributed by atoms with E-state index in [4.69, 9.17) is 30.8 Å². The van der Waals surface area contributed by atoms with Gasteiger partial charge in [0.25, 0.3) is 5.56 Å². The summed E-state index contributed by atoms with van der Waals surface area (Å²) in [6.07, 6.45) is 1.67. The fraction of sp³-hybridized carbons (Fsp3) is 0.242. The van der Waals surface area contributed by atoms with Crippen molar-refractivity contribution < 1.29 is 19.0 Å². The maximum absolute atomic E-state index is 14.2. The number of allylic oxidation sites excluding steroid dienone is 1. The zero-order chi connectivity index (χ0) is 30.7. The van der Waals surface area contributed by atoms with Crippen LogP contribution in [0.1, 0.15) is 50.4 Å². The molecule has 0 unspecified atom stereocenters. The minimum Gasteiger partial charge on any atom is -0.491 e. The van der Waals surface area contributed by atoms with Crippen LogP contribution >= 0.6 is 38.9 Å². The van der Waals surface area contributed by atoms with Gasteiger partial charge in [-0.2, -0.15) is 0 Å². The van der Waals surface area contributed by atoms with Crippen molar-refractivity contribution in [3.05, 3.63) is 124 Å². The molecule has 0 amide bonds. The molecule has 0 saturated carbocycles. The molecule has 0 radical (unpaired) electrons. The summed E-state index contributed by atoms with van der Waals surface area (Å²) in [4.78, 5) is 32.7. The molecule has 1 aromatic heterocycles. The zero-order valence-corrected chi connectivity index (χ0v) is 27.3. The molecule has 1 aliphatic rings. The Balaban J connectivity index is 1.65. The highest BCUT2D eigenvalue weighted by Crippen LogP contribution is 2.36. The van der Waals surface area contributed by atoms with Gasteiger partial charge in [0.15, 0.2) is 4.80 Å². The summed E-state index contributed by atoms with van der Waals surface area (Å²) in [6, 6.07) is 19.7. The monoisotopic (exact) mass is 680 g/mol. The number of carbonyl (C=O) groups is 1. The van der Waals surface area contributed by atoms with E-state index >= 15 is 0 Å². The number of esters is 1. The van der Waals surface area contributed by atoms with Gasteiger partial charge in [0.05, 0.1) is 28.5 Å². The molecule has 10 heteroatoms. The molecule has 1 aliphatic heterocycles. The normalized spacial score (nSPS) is 14.9. The molecule has 0 N–H and O–H groups in total. The van der Waals surface area contributed by atoms with Crippen molar-refractivity contribution in [2.24, 2.45) is 4.99 Å². The molecule has 7 nitrogen and oxygen atoms in total. The van der Waals surface area contributed by atoms with Crippen LogP contribution in [0.25, 0.3) is 6.08 Å².